The summed E-state index contributed by atoms with van der Waals surface area (Å²) >= 11 is 6.33. The summed E-state index contributed by atoms with van der Waals surface area (Å²) in [6.45, 7) is 9.99. The number of hydrogen-bond acceptors (Lipinski definition) is 3. The van der Waals surface area contributed by atoms with Crippen molar-refractivity contribution in [2.75, 3.05) is 33.3 Å². The van der Waals surface area contributed by atoms with Crippen molar-refractivity contribution in [3.05, 3.63) is 27.8 Å². The Morgan fingerprint density at radius 1 is 1.16 bits per heavy atom. The Morgan fingerprint density at radius 2 is 1.72 bits per heavy atom. The summed E-state index contributed by atoms with van der Waals surface area (Å²) in [7, 11) is 1.56. The van der Waals surface area contributed by atoms with E-state index in [1.165, 1.54) is 0 Å². The third kappa shape index (κ3) is 4.27. The van der Waals surface area contributed by atoms with Crippen LogP contribution in [0.5, 0.6) is 5.75 Å². The molecular weight excluding hydrogens is 340 g/mol. The lowest BCUT2D eigenvalue weighted by Gasteiger charge is -2.35. The van der Waals surface area contributed by atoms with Crippen LogP contribution in [0.15, 0.2) is 6.07 Å². The summed E-state index contributed by atoms with van der Waals surface area (Å²) in [5, 5.41) is 0.592. The average molecular weight is 367 g/mol. The van der Waals surface area contributed by atoms with Crippen LogP contribution in [0.2, 0.25) is 5.02 Å². The van der Waals surface area contributed by atoms with E-state index < -0.39 is 0 Å². The molecule has 1 aromatic rings. The molecule has 0 atom stereocenters. The minimum atomic E-state index is -0.0905. The van der Waals surface area contributed by atoms with Gasteiger partial charge in [-0.3, -0.25) is 9.59 Å². The summed E-state index contributed by atoms with van der Waals surface area (Å²) in [5.74, 6) is 0.956. The van der Waals surface area contributed by atoms with Crippen LogP contribution in [0.4, 0.5) is 0 Å². The zero-order valence-electron chi connectivity index (χ0n) is 15.7. The largest absolute Gasteiger partial charge is 0.496 e. The number of nitrogens with zero attached hydrogens (tertiary/aromatic N) is 2. The predicted molar refractivity (Wildman–Crippen MR) is 99.4 cm³/mol. The Bertz CT molecular complexity index is 665. The summed E-state index contributed by atoms with van der Waals surface area (Å²) in [4.78, 5) is 28.8. The molecule has 6 heteroatoms. The van der Waals surface area contributed by atoms with Crippen molar-refractivity contribution in [1.82, 2.24) is 9.80 Å². The Labute approximate surface area is 154 Å². The molecule has 25 heavy (non-hydrogen) atoms. The van der Waals surface area contributed by atoms with E-state index in [2.05, 4.69) is 0 Å². The second-order valence-corrected chi connectivity index (χ2v) is 7.36. The van der Waals surface area contributed by atoms with Gasteiger partial charge in [-0.2, -0.15) is 0 Å². The first kappa shape index (κ1) is 19.6. The van der Waals surface area contributed by atoms with Crippen molar-refractivity contribution in [2.24, 2.45) is 5.92 Å². The molecule has 138 valence electrons. The van der Waals surface area contributed by atoms with Crippen molar-refractivity contribution < 1.29 is 14.3 Å². The summed E-state index contributed by atoms with van der Waals surface area (Å²) in [6, 6.07) is 1.80. The monoisotopic (exact) mass is 366 g/mol. The minimum absolute atomic E-state index is 0.0905. The van der Waals surface area contributed by atoms with Gasteiger partial charge in [0.05, 0.1) is 12.7 Å². The Morgan fingerprint density at radius 3 is 2.24 bits per heavy atom. The van der Waals surface area contributed by atoms with Crippen molar-refractivity contribution >= 4 is 23.4 Å². The van der Waals surface area contributed by atoms with Gasteiger partial charge in [-0.15, -0.1) is 0 Å². The maximum absolute atomic E-state index is 13.0. The number of amides is 2. The van der Waals surface area contributed by atoms with Crippen molar-refractivity contribution in [2.45, 2.75) is 34.1 Å². The average Bonchev–Trinajstić information content (AvgIpc) is 2.58. The van der Waals surface area contributed by atoms with Gasteiger partial charge in [0.15, 0.2) is 0 Å². The zero-order chi connectivity index (χ0) is 18.7. The molecule has 1 saturated heterocycles. The van der Waals surface area contributed by atoms with Gasteiger partial charge in [-0.1, -0.05) is 25.4 Å². The molecule has 0 saturated carbocycles. The molecule has 0 unspecified atom stereocenters. The molecule has 2 rings (SSSR count). The number of aryl methyl sites for hydroxylation is 1. The van der Waals surface area contributed by atoms with Crippen LogP contribution in [-0.2, 0) is 4.79 Å². The van der Waals surface area contributed by atoms with Gasteiger partial charge >= 0.3 is 0 Å². The van der Waals surface area contributed by atoms with Gasteiger partial charge in [0.2, 0.25) is 5.91 Å². The van der Waals surface area contributed by atoms with Crippen LogP contribution < -0.4 is 4.74 Å². The van der Waals surface area contributed by atoms with Gasteiger partial charge in [-0.05, 0) is 37.0 Å². The number of piperazine rings is 1. The van der Waals surface area contributed by atoms with Crippen LogP contribution in [0.3, 0.4) is 0 Å². The summed E-state index contributed by atoms with van der Waals surface area (Å²) in [5.41, 5.74) is 2.14. The predicted octanol–water partition coefficient (Wildman–Crippen LogP) is 3.30. The first-order valence-electron chi connectivity index (χ1n) is 8.67. The van der Waals surface area contributed by atoms with E-state index in [0.29, 0.717) is 54.9 Å². The van der Waals surface area contributed by atoms with E-state index in [1.807, 2.05) is 32.6 Å². The van der Waals surface area contributed by atoms with Gasteiger partial charge in [0.25, 0.3) is 5.91 Å². The smallest absolute Gasteiger partial charge is 0.258 e. The molecule has 1 aliphatic heterocycles. The lowest BCUT2D eigenvalue weighted by atomic mass is 10.0. The van der Waals surface area contributed by atoms with Crippen molar-refractivity contribution in [3.63, 3.8) is 0 Å². The Balaban J connectivity index is 2.14. The van der Waals surface area contributed by atoms with Gasteiger partial charge in [0.1, 0.15) is 5.75 Å². The van der Waals surface area contributed by atoms with Crippen LogP contribution in [-0.4, -0.2) is 54.9 Å². The standard InChI is InChI=1S/C19H27ClN2O3/c1-12(2)10-16(23)21-6-8-22(9-7-21)19(24)17-14(4)18(20)13(3)11-15(17)25-5/h11-12H,6-10H2,1-5H3. The van der Waals surface area contributed by atoms with E-state index in [1.54, 1.807) is 18.1 Å². The summed E-state index contributed by atoms with van der Waals surface area (Å²) in [6.07, 6.45) is 0.550. The van der Waals surface area contributed by atoms with Crippen LogP contribution >= 0.6 is 11.6 Å². The quantitative estimate of drug-likeness (QED) is 0.821. The lowest BCUT2D eigenvalue weighted by Crippen LogP contribution is -2.50. The fourth-order valence-electron chi connectivity index (χ4n) is 3.14. The topological polar surface area (TPSA) is 49.9 Å². The second kappa shape index (κ2) is 8.09. The molecule has 1 fully saturated rings. The van der Waals surface area contributed by atoms with Crippen LogP contribution in [0.25, 0.3) is 0 Å². The molecule has 0 aliphatic carbocycles. The highest BCUT2D eigenvalue weighted by Crippen LogP contribution is 2.32. The van der Waals surface area contributed by atoms with E-state index in [0.717, 1.165) is 11.1 Å². The highest BCUT2D eigenvalue weighted by molar-refractivity contribution is 6.32. The fraction of sp³-hybridized carbons (Fsp3) is 0.579. The number of hydrogen-bond donors (Lipinski definition) is 0. The fourth-order valence-corrected chi connectivity index (χ4v) is 3.29. The number of rotatable bonds is 4. The molecule has 0 radical (unpaired) electrons. The van der Waals surface area contributed by atoms with Crippen LogP contribution in [0, 0.1) is 19.8 Å². The number of benzene rings is 1. The first-order valence-corrected chi connectivity index (χ1v) is 9.04. The molecule has 0 bridgehead atoms. The van der Waals surface area contributed by atoms with Gasteiger partial charge < -0.3 is 14.5 Å². The summed E-state index contributed by atoms with van der Waals surface area (Å²) < 4.78 is 5.41. The number of halogens is 1. The molecule has 1 aliphatic rings. The van der Waals surface area contributed by atoms with Crippen LogP contribution in [0.1, 0.15) is 41.8 Å². The zero-order valence-corrected chi connectivity index (χ0v) is 16.4. The molecule has 5 nitrogen and oxygen atoms in total. The minimum Gasteiger partial charge on any atom is -0.496 e. The number of carbonyl (C=O) groups is 2. The molecule has 0 aromatic heterocycles. The third-order valence-electron chi connectivity index (χ3n) is 4.58. The Kier molecular flexibility index (Phi) is 6.33. The maximum Gasteiger partial charge on any atom is 0.258 e. The van der Waals surface area contributed by atoms with Gasteiger partial charge in [0, 0.05) is 37.6 Å². The first-order chi connectivity index (χ1) is 11.8. The molecule has 2 amide bonds. The third-order valence-corrected chi connectivity index (χ3v) is 5.16. The van der Waals surface area contributed by atoms with Gasteiger partial charge in [-0.25, -0.2) is 0 Å². The van der Waals surface area contributed by atoms with E-state index >= 15 is 0 Å². The van der Waals surface area contributed by atoms with Crippen molar-refractivity contribution in [1.29, 1.82) is 0 Å². The number of methoxy groups -OCH3 is 1. The molecule has 0 spiro atoms. The van der Waals surface area contributed by atoms with E-state index in [4.69, 9.17) is 16.3 Å². The normalized spacial score (nSPS) is 14.8. The number of carbonyl (C=O) groups excluding carboxylic acids is 2. The lowest BCUT2D eigenvalue weighted by molar-refractivity contribution is -0.133. The molecule has 1 aromatic carbocycles. The second-order valence-electron chi connectivity index (χ2n) is 6.98. The molecular formula is C19H27ClN2O3. The van der Waals surface area contributed by atoms with E-state index in [9.17, 15) is 9.59 Å². The molecule has 0 N–H and O–H groups in total. The number of ether oxygens (including phenoxy) is 1. The van der Waals surface area contributed by atoms with Crippen molar-refractivity contribution in [3.8, 4) is 5.75 Å². The molecule has 1 heterocycles. The SMILES string of the molecule is COc1cc(C)c(Cl)c(C)c1C(=O)N1CCN(C(=O)CC(C)C)CC1. The maximum atomic E-state index is 13.0. The van der Waals surface area contributed by atoms with E-state index in [-0.39, 0.29) is 11.8 Å². The highest BCUT2D eigenvalue weighted by atomic mass is 35.5. The highest BCUT2D eigenvalue weighted by Gasteiger charge is 2.28. The Hall–Kier alpha value is -1.75.